The van der Waals surface area contributed by atoms with Gasteiger partial charge in [0.25, 0.3) is 17.7 Å². The molecule has 0 bridgehead atoms. The zero-order valence-corrected chi connectivity index (χ0v) is 81.1. The third-order valence-electron chi connectivity index (χ3n) is 19.2. The first kappa shape index (κ1) is 115. The molecule has 0 aliphatic carbocycles. The van der Waals surface area contributed by atoms with Gasteiger partial charge >= 0.3 is 17.9 Å². The largest absolute Gasteiger partial charge is 0.493 e. The lowest BCUT2D eigenvalue weighted by Crippen LogP contribution is -2.55. The van der Waals surface area contributed by atoms with E-state index in [0.717, 1.165) is 123 Å². The van der Waals surface area contributed by atoms with Gasteiger partial charge in [0, 0.05) is 88.1 Å². The van der Waals surface area contributed by atoms with Crippen molar-refractivity contribution in [1.29, 1.82) is 5.41 Å². The number of ether oxygens (including phenoxy) is 6. The lowest BCUT2D eigenvalue weighted by molar-refractivity contribution is -0.135. The van der Waals surface area contributed by atoms with Crippen molar-refractivity contribution in [3.8, 4) is 34.5 Å². The van der Waals surface area contributed by atoms with E-state index < -0.39 is 89.1 Å². The molecule has 0 saturated heterocycles. The first-order valence-corrected chi connectivity index (χ1v) is 52.3. The molecular formula is C89H138N16O19S6. The number of nitrogens with two attached hydrogens (primary N) is 1. The average molecular weight is 1930 g/mol. The van der Waals surface area contributed by atoms with Crippen LogP contribution in [0.25, 0.3) is 0 Å². The Morgan fingerprint density at radius 3 is 0.862 bits per heavy atom. The van der Waals surface area contributed by atoms with Crippen LogP contribution in [0.3, 0.4) is 0 Å². The molecule has 0 unspecified atom stereocenters. The fourth-order valence-corrected chi connectivity index (χ4v) is 17.4. The van der Waals surface area contributed by atoms with Gasteiger partial charge in [-0.3, -0.25) is 67.7 Å². The number of nitrogens with one attached hydrogen (secondary N) is 12. The van der Waals surface area contributed by atoms with Crippen LogP contribution in [0.1, 0.15) is 256 Å². The molecule has 0 spiro atoms. The number of carbonyl (C=O) groups excluding carboxylic acids is 13. The third-order valence-corrected chi connectivity index (χ3v) is 25.6. The van der Waals surface area contributed by atoms with Crippen LogP contribution in [-0.2, 0) is 62.3 Å². The van der Waals surface area contributed by atoms with Crippen molar-refractivity contribution in [3.05, 3.63) is 71.3 Å². The number of benzene rings is 3. The fourth-order valence-electron chi connectivity index (χ4n) is 12.3. The Labute approximate surface area is 789 Å². The van der Waals surface area contributed by atoms with Gasteiger partial charge in [0.05, 0.1) is 74.5 Å². The van der Waals surface area contributed by atoms with Crippen LogP contribution in [0.4, 0.5) is 0 Å². The zero-order chi connectivity index (χ0) is 94.8. The molecule has 2 atom stereocenters. The van der Waals surface area contributed by atoms with Crippen LogP contribution in [-0.4, -0.2) is 209 Å². The van der Waals surface area contributed by atoms with E-state index in [-0.39, 0.29) is 142 Å². The standard InChI is InChI=1S/C89H138N16O19S6/c1-7-10-13-16-19-22-25-28-31-43-81(114)122-84-65(37-34-40-70(84)119-4)56-98-103-78(111)62-128-125-59-75(108)94-52-50-92-73(106)48-46-68(87(117)97-55-54-96-77(110)61-127-130-64-80(113)105-100-58-67-39-36-42-72(121-6)86(67)124-83(116)45-33-30-27-24-21-18-15-12-9-3)101-88(118)69(102-89(90)91)47-49-74(107)93-51-53-95-76(109)60-126-129-63-79(112)104-99-57-66-38-35-41-71(120-5)85(66)123-82(115)44-32-29-26-23-20-17-14-11-8-2/h34-42,56-58,68-69H,7-33,43-55,59-64H2,1-6H3,(H,92,106)(H,93,107)(H,94,108)(H,95,109)(H,96,110)(H,97,117)(H,101,118)(H,103,111)(H,104,112)(H,105,113)(H4,90,91,102)/b98-56-,99-57-,100-58-/t68-,69-/m0/s1. The normalized spacial score (nSPS) is 11.5. The minimum absolute atomic E-state index is 0.00612. The molecule has 0 heterocycles. The summed E-state index contributed by atoms with van der Waals surface area (Å²) in [6.07, 6.45) is 33.4. The number of amides is 10. The Morgan fingerprint density at radius 1 is 0.331 bits per heavy atom. The quantitative estimate of drug-likeness (QED) is 0.00475. The van der Waals surface area contributed by atoms with Gasteiger partial charge in [-0.15, -0.1) is 0 Å². The summed E-state index contributed by atoms with van der Waals surface area (Å²) in [6, 6.07) is 12.3. The average Bonchev–Trinajstić information content (AvgIpc) is 0.852. The number of carbonyl (C=O) groups is 13. The monoisotopic (exact) mass is 1930 g/mol. The molecule has 10 amide bonds. The number of hydrogen-bond donors (Lipinski definition) is 13. The van der Waals surface area contributed by atoms with Crippen molar-refractivity contribution in [2.24, 2.45) is 21.0 Å². The second kappa shape index (κ2) is 75.1. The minimum atomic E-state index is -1.40. The van der Waals surface area contributed by atoms with E-state index in [1.807, 2.05) is 0 Å². The minimum Gasteiger partial charge on any atom is -0.493 e. The van der Waals surface area contributed by atoms with E-state index in [4.69, 9.17) is 39.6 Å². The summed E-state index contributed by atoms with van der Waals surface area (Å²) in [5.74, 6) is -6.12. The van der Waals surface area contributed by atoms with E-state index in [9.17, 15) is 62.3 Å². The maximum absolute atomic E-state index is 14.0. The van der Waals surface area contributed by atoms with Crippen LogP contribution in [0, 0.1) is 5.41 Å². The Hall–Kier alpha value is -9.45. The van der Waals surface area contributed by atoms with Crippen molar-refractivity contribution in [2.45, 2.75) is 251 Å². The maximum Gasteiger partial charge on any atom is 0.311 e. The van der Waals surface area contributed by atoms with Gasteiger partial charge in [0.1, 0.15) is 12.1 Å². The number of rotatable bonds is 76. The SMILES string of the molecule is CCCCCCCCCCCC(=O)Oc1c(/C=N\NC(=O)CSSCC(=O)NCCNC(=O)CC[C@H](NC(=N)N)C(=O)N[C@@H](CCC(=O)NCCNC(=O)CSSCC(=O)N/N=C\c2cccc(OC)c2OC(=O)CCCCCCCCCCC)C(=O)NCCNC(=O)CSSCC(=O)N/N=C\c2cccc(OC)c2OC(=O)CCCCCCCCCCC)cccc1OC. The molecular weight excluding hydrogens is 1790 g/mol. The van der Waals surface area contributed by atoms with Crippen LogP contribution in [0.15, 0.2) is 69.9 Å². The fraction of sp³-hybridized carbons (Fsp3) is 0.607. The molecule has 41 heteroatoms. The highest BCUT2D eigenvalue weighted by molar-refractivity contribution is 8.77. The molecule has 130 heavy (non-hydrogen) atoms. The lowest BCUT2D eigenvalue weighted by atomic mass is 10.1. The van der Waals surface area contributed by atoms with Gasteiger partial charge in [-0.2, -0.15) is 15.3 Å². The number of methoxy groups -OCH3 is 3. The van der Waals surface area contributed by atoms with E-state index in [1.165, 1.54) is 136 Å². The highest BCUT2D eigenvalue weighted by Crippen LogP contribution is 2.34. The molecule has 724 valence electrons. The number of unbranched alkanes of at least 4 members (excludes halogenated alkanes) is 24. The number of esters is 3. The third kappa shape index (κ3) is 57.0. The zero-order valence-electron chi connectivity index (χ0n) is 76.2. The van der Waals surface area contributed by atoms with Crippen LogP contribution < -0.4 is 93.0 Å². The maximum atomic E-state index is 14.0. The highest BCUT2D eigenvalue weighted by atomic mass is 33.1. The molecule has 0 saturated carbocycles. The second-order valence-corrected chi connectivity index (χ2v) is 37.4. The molecule has 35 nitrogen and oxygen atoms in total. The summed E-state index contributed by atoms with van der Waals surface area (Å²) in [5.41, 5.74) is 14.2. The van der Waals surface area contributed by atoms with Crippen LogP contribution >= 0.6 is 64.8 Å². The van der Waals surface area contributed by atoms with E-state index >= 15 is 0 Å². The number of nitrogens with zero attached hydrogens (tertiary/aromatic N) is 3. The van der Waals surface area contributed by atoms with E-state index in [0.29, 0.717) is 53.2 Å². The van der Waals surface area contributed by atoms with Crippen LogP contribution in [0.5, 0.6) is 34.5 Å². The van der Waals surface area contributed by atoms with Gasteiger partial charge in [0.15, 0.2) is 40.5 Å². The summed E-state index contributed by atoms with van der Waals surface area (Å²) in [7, 11) is 10.9. The van der Waals surface area contributed by atoms with Gasteiger partial charge in [-0.05, 0) is 68.5 Å². The molecule has 3 aromatic rings. The summed E-state index contributed by atoms with van der Waals surface area (Å²) in [4.78, 5) is 169. The predicted molar refractivity (Wildman–Crippen MR) is 521 cm³/mol. The van der Waals surface area contributed by atoms with Gasteiger partial charge in [-0.1, -0.05) is 258 Å². The molecule has 0 aromatic heterocycles. The van der Waals surface area contributed by atoms with Gasteiger partial charge < -0.3 is 76.7 Å². The Morgan fingerprint density at radius 2 is 0.585 bits per heavy atom. The Bertz CT molecular complexity index is 4000. The van der Waals surface area contributed by atoms with Crippen molar-refractivity contribution in [1.82, 2.24) is 58.8 Å². The molecule has 0 aliphatic heterocycles. The second-order valence-electron chi connectivity index (χ2n) is 30.0. The molecule has 14 N–H and O–H groups in total. The first-order valence-electron chi connectivity index (χ1n) is 44.9. The predicted octanol–water partition coefficient (Wildman–Crippen LogP) is 11.7. The topological polar surface area (TPSA) is 497 Å². The van der Waals surface area contributed by atoms with E-state index in [1.54, 1.807) is 54.6 Å². The van der Waals surface area contributed by atoms with Crippen LogP contribution in [0.2, 0.25) is 0 Å². The Kier molecular flexibility index (Phi) is 66.3. The van der Waals surface area contributed by atoms with E-state index in [2.05, 4.69) is 94.9 Å². The van der Waals surface area contributed by atoms with Gasteiger partial charge in [0.2, 0.25) is 41.4 Å². The van der Waals surface area contributed by atoms with Crippen molar-refractivity contribution in [3.63, 3.8) is 0 Å². The summed E-state index contributed by atoms with van der Waals surface area (Å²) in [5, 5.41) is 41.1. The number of para-hydroxylation sites is 3. The smallest absolute Gasteiger partial charge is 0.311 e. The Balaban J connectivity index is 1.51. The molecule has 3 aromatic carbocycles. The molecule has 0 aliphatic rings. The number of hydrazone groups is 3. The highest BCUT2D eigenvalue weighted by Gasteiger charge is 2.28. The summed E-state index contributed by atoms with van der Waals surface area (Å²) in [6.45, 7) is 6.35. The molecule has 0 fully saturated rings. The summed E-state index contributed by atoms with van der Waals surface area (Å²) < 4.78 is 33.4. The van der Waals surface area contributed by atoms with Crippen molar-refractivity contribution in [2.75, 3.05) is 95.1 Å². The summed E-state index contributed by atoms with van der Waals surface area (Å²) >= 11 is 0. The van der Waals surface area contributed by atoms with Crippen molar-refractivity contribution >= 4 is 166 Å². The first-order chi connectivity index (χ1) is 63.0. The lowest BCUT2D eigenvalue weighted by Gasteiger charge is -2.23. The van der Waals surface area contributed by atoms with Gasteiger partial charge in [-0.25, -0.2) is 16.3 Å². The molecule has 3 rings (SSSR count). The molecule has 0 radical (unpaired) electrons. The van der Waals surface area contributed by atoms with Crippen molar-refractivity contribution < 1.29 is 90.8 Å². The number of hydrogen-bond acceptors (Lipinski definition) is 29. The number of guanidine groups is 1.